The largest absolute Gasteiger partial charge is 0.490 e. The van der Waals surface area contributed by atoms with Crippen LogP contribution in [0.2, 0.25) is 0 Å². The summed E-state index contributed by atoms with van der Waals surface area (Å²) in [6.07, 6.45) is 6.77. The first-order chi connectivity index (χ1) is 8.36. The minimum atomic E-state index is 0.455. The monoisotopic (exact) mass is 231 g/mol. The van der Waals surface area contributed by atoms with Crippen molar-refractivity contribution >= 4 is 5.69 Å². The Morgan fingerprint density at radius 3 is 2.88 bits per heavy atom. The molecule has 1 aliphatic heterocycles. The van der Waals surface area contributed by atoms with Gasteiger partial charge in [-0.15, -0.1) is 0 Å². The van der Waals surface area contributed by atoms with Gasteiger partial charge in [-0.2, -0.15) is 0 Å². The molecule has 17 heavy (non-hydrogen) atoms. The fourth-order valence-corrected chi connectivity index (χ4v) is 3.02. The van der Waals surface area contributed by atoms with E-state index in [1.807, 2.05) is 0 Å². The van der Waals surface area contributed by atoms with Gasteiger partial charge in [-0.25, -0.2) is 0 Å². The van der Waals surface area contributed by atoms with Gasteiger partial charge in [-0.3, -0.25) is 0 Å². The summed E-state index contributed by atoms with van der Waals surface area (Å²) in [5.41, 5.74) is 2.75. The van der Waals surface area contributed by atoms with Crippen LogP contribution in [0.15, 0.2) is 18.2 Å². The molecule has 2 aliphatic rings. The van der Waals surface area contributed by atoms with Crippen molar-refractivity contribution in [2.45, 2.75) is 51.0 Å². The van der Waals surface area contributed by atoms with E-state index in [1.165, 1.54) is 43.4 Å². The second-order valence-corrected chi connectivity index (χ2v) is 5.26. The minimum Gasteiger partial charge on any atom is -0.490 e. The highest BCUT2D eigenvalue weighted by Crippen LogP contribution is 2.36. The topological polar surface area (TPSA) is 21.3 Å². The zero-order valence-electron chi connectivity index (χ0n) is 10.5. The first-order valence-electron chi connectivity index (χ1n) is 6.91. The highest BCUT2D eigenvalue weighted by Gasteiger charge is 2.22. The average Bonchev–Trinajstić information content (AvgIpc) is 2.97. The lowest BCUT2D eigenvalue weighted by molar-refractivity contribution is 0.210. The first-order valence-corrected chi connectivity index (χ1v) is 6.91. The van der Waals surface area contributed by atoms with Gasteiger partial charge in [0, 0.05) is 24.2 Å². The van der Waals surface area contributed by atoms with Crippen LogP contribution in [0.4, 0.5) is 5.69 Å². The van der Waals surface area contributed by atoms with Gasteiger partial charge in [0.1, 0.15) is 5.75 Å². The van der Waals surface area contributed by atoms with E-state index in [0.717, 1.165) is 12.3 Å². The molecule has 1 unspecified atom stereocenters. The lowest BCUT2D eigenvalue weighted by atomic mass is 9.99. The molecular formula is C15H21NO. The molecule has 92 valence electrons. The Bertz CT molecular complexity index is 396. The molecule has 0 saturated heterocycles. The van der Waals surface area contributed by atoms with Gasteiger partial charge in [0.05, 0.1) is 6.10 Å². The van der Waals surface area contributed by atoms with Crippen molar-refractivity contribution in [3.8, 4) is 5.75 Å². The summed E-state index contributed by atoms with van der Waals surface area (Å²) in [5, 5.41) is 3.49. The van der Waals surface area contributed by atoms with Crippen LogP contribution in [0.1, 0.15) is 50.5 Å². The molecule has 1 atom stereocenters. The number of hydrogen-bond acceptors (Lipinski definition) is 2. The van der Waals surface area contributed by atoms with Crippen LogP contribution in [-0.4, -0.2) is 12.6 Å². The van der Waals surface area contributed by atoms with Crippen molar-refractivity contribution in [3.63, 3.8) is 0 Å². The van der Waals surface area contributed by atoms with E-state index < -0.39 is 0 Å². The van der Waals surface area contributed by atoms with Crippen molar-refractivity contribution in [2.24, 2.45) is 0 Å². The first kappa shape index (κ1) is 10.9. The Morgan fingerprint density at radius 2 is 2.12 bits per heavy atom. The summed E-state index contributed by atoms with van der Waals surface area (Å²) in [4.78, 5) is 0. The third-order valence-corrected chi connectivity index (χ3v) is 4.10. The molecule has 1 aromatic carbocycles. The van der Waals surface area contributed by atoms with E-state index in [9.17, 15) is 0 Å². The summed E-state index contributed by atoms with van der Waals surface area (Å²) in [5.74, 6) is 1.73. The Kier molecular flexibility index (Phi) is 2.96. The van der Waals surface area contributed by atoms with Gasteiger partial charge in [0.15, 0.2) is 0 Å². The predicted molar refractivity (Wildman–Crippen MR) is 70.8 cm³/mol. The Labute approximate surface area is 103 Å². The maximum atomic E-state index is 6.03. The Morgan fingerprint density at radius 1 is 1.29 bits per heavy atom. The van der Waals surface area contributed by atoms with Gasteiger partial charge >= 0.3 is 0 Å². The van der Waals surface area contributed by atoms with Gasteiger partial charge in [-0.1, -0.05) is 13.0 Å². The molecule has 0 spiro atoms. The van der Waals surface area contributed by atoms with Crippen LogP contribution in [0.3, 0.4) is 0 Å². The van der Waals surface area contributed by atoms with Crippen molar-refractivity contribution in [3.05, 3.63) is 23.8 Å². The molecule has 1 heterocycles. The molecule has 2 nitrogen and oxygen atoms in total. The van der Waals surface area contributed by atoms with Gasteiger partial charge in [-0.05, 0) is 43.7 Å². The molecule has 1 N–H and O–H groups in total. The predicted octanol–water partition coefficient (Wildman–Crippen LogP) is 3.93. The van der Waals surface area contributed by atoms with E-state index in [-0.39, 0.29) is 0 Å². The SMILES string of the molecule is CCC1CNc2cc(OC3CCCC3)ccc21. The molecule has 1 fully saturated rings. The third kappa shape index (κ3) is 2.13. The summed E-state index contributed by atoms with van der Waals surface area (Å²) < 4.78 is 6.03. The number of rotatable bonds is 3. The summed E-state index contributed by atoms with van der Waals surface area (Å²) in [6, 6.07) is 6.57. The van der Waals surface area contributed by atoms with Crippen LogP contribution in [0, 0.1) is 0 Å². The summed E-state index contributed by atoms with van der Waals surface area (Å²) >= 11 is 0. The number of ether oxygens (including phenoxy) is 1. The lowest BCUT2D eigenvalue weighted by Gasteiger charge is -2.14. The van der Waals surface area contributed by atoms with E-state index in [1.54, 1.807) is 0 Å². The maximum Gasteiger partial charge on any atom is 0.121 e. The zero-order chi connectivity index (χ0) is 11.7. The lowest BCUT2D eigenvalue weighted by Crippen LogP contribution is -2.10. The Hall–Kier alpha value is -1.18. The smallest absolute Gasteiger partial charge is 0.121 e. The van der Waals surface area contributed by atoms with Crippen molar-refractivity contribution < 1.29 is 4.74 Å². The molecule has 1 saturated carbocycles. The number of benzene rings is 1. The van der Waals surface area contributed by atoms with E-state index in [4.69, 9.17) is 4.74 Å². The quantitative estimate of drug-likeness (QED) is 0.851. The summed E-state index contributed by atoms with van der Waals surface area (Å²) in [7, 11) is 0. The second-order valence-electron chi connectivity index (χ2n) is 5.26. The number of nitrogens with one attached hydrogen (secondary N) is 1. The molecule has 1 aromatic rings. The molecule has 3 rings (SSSR count). The van der Waals surface area contributed by atoms with E-state index >= 15 is 0 Å². The van der Waals surface area contributed by atoms with Crippen LogP contribution in [-0.2, 0) is 0 Å². The van der Waals surface area contributed by atoms with Crippen LogP contribution in [0.5, 0.6) is 5.75 Å². The third-order valence-electron chi connectivity index (χ3n) is 4.10. The highest BCUT2D eigenvalue weighted by atomic mass is 16.5. The number of fused-ring (bicyclic) bond motifs is 1. The molecule has 2 heteroatoms. The second kappa shape index (κ2) is 4.59. The molecule has 0 radical (unpaired) electrons. The number of anilines is 1. The van der Waals surface area contributed by atoms with Crippen molar-refractivity contribution in [1.29, 1.82) is 0 Å². The molecule has 0 amide bonds. The zero-order valence-corrected chi connectivity index (χ0v) is 10.5. The normalized spacial score (nSPS) is 23.5. The fraction of sp³-hybridized carbons (Fsp3) is 0.600. The van der Waals surface area contributed by atoms with Gasteiger partial charge in [0.2, 0.25) is 0 Å². The molecule has 1 aliphatic carbocycles. The highest BCUT2D eigenvalue weighted by molar-refractivity contribution is 5.60. The minimum absolute atomic E-state index is 0.455. The average molecular weight is 231 g/mol. The maximum absolute atomic E-state index is 6.03. The van der Waals surface area contributed by atoms with Crippen LogP contribution in [0.25, 0.3) is 0 Å². The fourth-order valence-electron chi connectivity index (χ4n) is 3.02. The summed E-state index contributed by atoms with van der Waals surface area (Å²) in [6.45, 7) is 3.34. The van der Waals surface area contributed by atoms with Gasteiger partial charge < -0.3 is 10.1 Å². The van der Waals surface area contributed by atoms with Crippen LogP contribution < -0.4 is 10.1 Å². The molecule has 0 aromatic heterocycles. The molecular weight excluding hydrogens is 210 g/mol. The van der Waals surface area contributed by atoms with E-state index in [2.05, 4.69) is 30.4 Å². The van der Waals surface area contributed by atoms with Crippen molar-refractivity contribution in [1.82, 2.24) is 0 Å². The Balaban J connectivity index is 1.75. The standard InChI is InChI=1S/C15H21NO/c1-2-11-10-16-15-9-13(7-8-14(11)15)17-12-5-3-4-6-12/h7-9,11-12,16H,2-6,10H2,1H3. The number of hydrogen-bond donors (Lipinski definition) is 1. The van der Waals surface area contributed by atoms with Gasteiger partial charge in [0.25, 0.3) is 0 Å². The van der Waals surface area contributed by atoms with Crippen molar-refractivity contribution in [2.75, 3.05) is 11.9 Å². The molecule has 0 bridgehead atoms. The van der Waals surface area contributed by atoms with E-state index in [0.29, 0.717) is 12.0 Å². The van der Waals surface area contributed by atoms with Crippen LogP contribution >= 0.6 is 0 Å².